The number of hydrogen-bond donors (Lipinski definition) is 2. The number of aromatic amines is 1. The van der Waals surface area contributed by atoms with Gasteiger partial charge >= 0.3 is 0 Å². The predicted octanol–water partition coefficient (Wildman–Crippen LogP) is 4.71. The van der Waals surface area contributed by atoms with E-state index in [-0.39, 0.29) is 5.91 Å². The van der Waals surface area contributed by atoms with E-state index < -0.39 is 5.41 Å². The minimum atomic E-state index is -0.611. The van der Waals surface area contributed by atoms with Gasteiger partial charge in [-0.1, -0.05) is 48.5 Å². The molecule has 7 heteroatoms. The Morgan fingerprint density at radius 1 is 1.06 bits per heavy atom. The van der Waals surface area contributed by atoms with Crippen LogP contribution < -0.4 is 10.2 Å². The van der Waals surface area contributed by atoms with Crippen LogP contribution in [0.25, 0.3) is 11.0 Å². The lowest BCUT2D eigenvalue weighted by atomic mass is 9.78. The molecule has 2 N–H and O–H groups in total. The summed E-state index contributed by atoms with van der Waals surface area (Å²) in [6, 6.07) is 19.7. The molecule has 7 nitrogen and oxygen atoms in total. The second-order valence-electron chi connectivity index (χ2n) is 8.96. The molecule has 0 radical (unpaired) electrons. The Hall–Kier alpha value is -3.71. The van der Waals surface area contributed by atoms with Gasteiger partial charge in [0.1, 0.15) is 17.8 Å². The number of carbonyl (C=O) groups excluding carboxylic acids is 1. The Labute approximate surface area is 199 Å². The van der Waals surface area contributed by atoms with Crippen LogP contribution in [-0.2, 0) is 16.1 Å². The molecule has 34 heavy (non-hydrogen) atoms. The molecule has 1 aliphatic heterocycles. The van der Waals surface area contributed by atoms with E-state index >= 15 is 0 Å². The molecule has 0 atom stereocenters. The molecule has 1 aliphatic rings. The smallest absolute Gasteiger partial charge is 0.233 e. The maximum atomic E-state index is 13.6. The minimum Gasteiger partial charge on any atom is -0.376 e. The number of fused-ring (bicyclic) bond motifs is 1. The molecule has 2 aromatic carbocycles. The number of rotatable bonds is 7. The fourth-order valence-electron chi connectivity index (χ4n) is 4.64. The maximum Gasteiger partial charge on any atom is 0.233 e. The third-order valence-corrected chi connectivity index (χ3v) is 6.67. The molecule has 0 saturated carbocycles. The Bertz CT molecular complexity index is 1250. The standard InChI is InChI=1S/C27H29N5O2/c1-20-16-28-24-23(20)25(30-19-29-24)32-14-12-27(13-15-32,18-34-17-21-8-4-2-5-9-21)26(33)31-22-10-6-3-7-11-22/h2-11,16,19H,12-15,17-18H2,1H3,(H,31,33)(H,28,29,30). The molecule has 3 heterocycles. The summed E-state index contributed by atoms with van der Waals surface area (Å²) in [7, 11) is 0. The first-order valence-electron chi connectivity index (χ1n) is 11.7. The van der Waals surface area contributed by atoms with Crippen molar-refractivity contribution in [1.29, 1.82) is 0 Å². The number of benzene rings is 2. The third-order valence-electron chi connectivity index (χ3n) is 6.67. The number of aryl methyl sites for hydroxylation is 1. The number of ether oxygens (including phenoxy) is 1. The molecule has 1 fully saturated rings. The van der Waals surface area contributed by atoms with Crippen molar-refractivity contribution in [2.45, 2.75) is 26.4 Å². The van der Waals surface area contributed by atoms with E-state index in [1.807, 2.05) is 66.9 Å². The third kappa shape index (κ3) is 4.52. The van der Waals surface area contributed by atoms with Crippen LogP contribution in [-0.4, -0.2) is 40.6 Å². The quantitative estimate of drug-likeness (QED) is 0.422. The number of piperidine rings is 1. The van der Waals surface area contributed by atoms with Crippen LogP contribution in [0.5, 0.6) is 0 Å². The SMILES string of the molecule is Cc1c[nH]c2ncnc(N3CCC(COCc4ccccc4)(C(=O)Nc4ccccc4)CC3)c12. The summed E-state index contributed by atoms with van der Waals surface area (Å²) in [5.74, 6) is 0.933. The molecule has 1 amide bonds. The zero-order chi connectivity index (χ0) is 23.4. The molecule has 0 bridgehead atoms. The number of anilines is 2. The van der Waals surface area contributed by atoms with Crippen molar-refractivity contribution < 1.29 is 9.53 Å². The fourth-order valence-corrected chi connectivity index (χ4v) is 4.64. The Morgan fingerprint density at radius 3 is 2.50 bits per heavy atom. The second kappa shape index (κ2) is 9.65. The number of aromatic nitrogens is 3. The van der Waals surface area contributed by atoms with E-state index in [0.29, 0.717) is 39.1 Å². The highest BCUT2D eigenvalue weighted by Gasteiger charge is 2.42. The van der Waals surface area contributed by atoms with E-state index in [1.165, 1.54) is 0 Å². The number of nitrogens with one attached hydrogen (secondary N) is 2. The largest absolute Gasteiger partial charge is 0.376 e. The van der Waals surface area contributed by atoms with Gasteiger partial charge in [-0.3, -0.25) is 4.79 Å². The first-order valence-corrected chi connectivity index (χ1v) is 11.7. The number of carbonyl (C=O) groups is 1. The molecule has 2 aromatic heterocycles. The molecule has 4 aromatic rings. The maximum absolute atomic E-state index is 13.6. The lowest BCUT2D eigenvalue weighted by Crippen LogP contribution is -2.49. The average Bonchev–Trinajstić information content (AvgIpc) is 3.27. The van der Waals surface area contributed by atoms with Gasteiger partial charge in [-0.05, 0) is 43.0 Å². The minimum absolute atomic E-state index is 0.0112. The zero-order valence-corrected chi connectivity index (χ0v) is 19.3. The molecule has 174 valence electrons. The van der Waals surface area contributed by atoms with Crippen LogP contribution in [0.1, 0.15) is 24.0 Å². The topological polar surface area (TPSA) is 83.1 Å². The normalized spacial score (nSPS) is 15.4. The number of H-pyrrole nitrogens is 1. The van der Waals surface area contributed by atoms with Crippen LogP contribution in [0.15, 0.2) is 73.2 Å². The number of nitrogens with zero attached hydrogens (tertiary/aromatic N) is 3. The van der Waals surface area contributed by atoms with Crippen molar-refractivity contribution in [1.82, 2.24) is 15.0 Å². The van der Waals surface area contributed by atoms with Crippen LogP contribution in [0.4, 0.5) is 11.5 Å². The van der Waals surface area contributed by atoms with Gasteiger partial charge in [0.05, 0.1) is 24.0 Å². The van der Waals surface area contributed by atoms with Gasteiger partial charge < -0.3 is 19.9 Å². The highest BCUT2D eigenvalue weighted by Crippen LogP contribution is 2.37. The number of amides is 1. The second-order valence-corrected chi connectivity index (χ2v) is 8.96. The van der Waals surface area contributed by atoms with Crippen molar-refractivity contribution in [2.24, 2.45) is 5.41 Å². The summed E-state index contributed by atoms with van der Waals surface area (Å²) in [6.07, 6.45) is 4.91. The van der Waals surface area contributed by atoms with Gasteiger partial charge in [-0.15, -0.1) is 0 Å². The molecule has 0 unspecified atom stereocenters. The highest BCUT2D eigenvalue weighted by atomic mass is 16.5. The van der Waals surface area contributed by atoms with Gasteiger partial charge in [-0.25, -0.2) is 9.97 Å². The van der Waals surface area contributed by atoms with Crippen molar-refractivity contribution in [2.75, 3.05) is 29.9 Å². The summed E-state index contributed by atoms with van der Waals surface area (Å²) < 4.78 is 6.13. The Balaban J connectivity index is 1.34. The molecular weight excluding hydrogens is 426 g/mol. The van der Waals surface area contributed by atoms with Crippen molar-refractivity contribution >= 4 is 28.4 Å². The predicted molar refractivity (Wildman–Crippen MR) is 134 cm³/mol. The van der Waals surface area contributed by atoms with E-state index in [4.69, 9.17) is 4.74 Å². The van der Waals surface area contributed by atoms with Crippen LogP contribution in [0.3, 0.4) is 0 Å². The molecule has 0 spiro atoms. The summed E-state index contributed by atoms with van der Waals surface area (Å²) in [4.78, 5) is 28.0. The van der Waals surface area contributed by atoms with Crippen molar-refractivity contribution in [3.05, 3.63) is 84.3 Å². The molecule has 5 rings (SSSR count). The van der Waals surface area contributed by atoms with Gasteiger partial charge in [0.15, 0.2) is 0 Å². The highest BCUT2D eigenvalue weighted by molar-refractivity contribution is 5.96. The fraction of sp³-hybridized carbons (Fsp3) is 0.296. The lowest BCUT2D eigenvalue weighted by Gasteiger charge is -2.41. The van der Waals surface area contributed by atoms with Gasteiger partial charge in [0, 0.05) is 25.0 Å². The Morgan fingerprint density at radius 2 is 1.76 bits per heavy atom. The van der Waals surface area contributed by atoms with E-state index in [9.17, 15) is 4.79 Å². The average molecular weight is 456 g/mol. The van der Waals surface area contributed by atoms with Crippen molar-refractivity contribution in [3.63, 3.8) is 0 Å². The first kappa shape index (κ1) is 22.1. The molecule has 1 saturated heterocycles. The van der Waals surface area contributed by atoms with Crippen LogP contribution >= 0.6 is 0 Å². The lowest BCUT2D eigenvalue weighted by molar-refractivity contribution is -0.131. The monoisotopic (exact) mass is 455 g/mol. The first-order chi connectivity index (χ1) is 16.6. The van der Waals surface area contributed by atoms with Crippen LogP contribution in [0.2, 0.25) is 0 Å². The van der Waals surface area contributed by atoms with Crippen LogP contribution in [0, 0.1) is 12.3 Å². The van der Waals surface area contributed by atoms with Crippen molar-refractivity contribution in [3.8, 4) is 0 Å². The summed E-state index contributed by atoms with van der Waals surface area (Å²) in [6.45, 7) is 4.35. The summed E-state index contributed by atoms with van der Waals surface area (Å²) in [5.41, 5.74) is 3.26. The molecule has 0 aliphatic carbocycles. The van der Waals surface area contributed by atoms with E-state index in [2.05, 4.69) is 32.1 Å². The van der Waals surface area contributed by atoms with Gasteiger partial charge in [0.2, 0.25) is 5.91 Å². The van der Waals surface area contributed by atoms with E-state index in [1.54, 1.807) is 6.33 Å². The molecular formula is C27H29N5O2. The zero-order valence-electron chi connectivity index (χ0n) is 19.3. The number of hydrogen-bond acceptors (Lipinski definition) is 5. The number of para-hydroxylation sites is 1. The summed E-state index contributed by atoms with van der Waals surface area (Å²) >= 11 is 0. The Kier molecular flexibility index (Phi) is 6.27. The van der Waals surface area contributed by atoms with Gasteiger partial charge in [-0.2, -0.15) is 0 Å². The summed E-state index contributed by atoms with van der Waals surface area (Å²) in [5, 5.41) is 4.17. The van der Waals surface area contributed by atoms with Gasteiger partial charge in [0.25, 0.3) is 0 Å². The van der Waals surface area contributed by atoms with E-state index in [0.717, 1.165) is 33.7 Å².